The number of rotatable bonds is 4. The number of ether oxygens (including phenoxy) is 3. The van der Waals surface area contributed by atoms with Gasteiger partial charge >= 0.3 is 6.09 Å². The second kappa shape index (κ2) is 15.1. The number of alkyl carbamates (subject to hydrolysis) is 1. The minimum absolute atomic E-state index is 0.0317. The van der Waals surface area contributed by atoms with E-state index in [1.807, 2.05) is 18.2 Å². The molecule has 2 saturated heterocycles. The van der Waals surface area contributed by atoms with Crippen molar-refractivity contribution in [3.63, 3.8) is 0 Å². The first-order valence-corrected chi connectivity index (χ1v) is 20.4. The van der Waals surface area contributed by atoms with Crippen molar-refractivity contribution in [3.8, 4) is 11.6 Å². The zero-order valence-electron chi connectivity index (χ0n) is 29.7. The second-order valence-corrected chi connectivity index (χ2v) is 17.0. The fourth-order valence-electron chi connectivity index (χ4n) is 8.05. The van der Waals surface area contributed by atoms with E-state index in [9.17, 15) is 27.6 Å². The van der Waals surface area contributed by atoms with Crippen LogP contribution in [0.3, 0.4) is 0 Å². The largest absolute Gasteiger partial charge is 0.496 e. The third-order valence-corrected chi connectivity index (χ3v) is 13.1. The lowest BCUT2D eigenvalue weighted by Gasteiger charge is -2.29. The summed E-state index contributed by atoms with van der Waals surface area (Å²) >= 11 is 0. The molecule has 0 unspecified atom stereocenters. The van der Waals surface area contributed by atoms with Crippen LogP contribution in [0.5, 0.6) is 11.6 Å². The number of hydrogen-bond donors (Lipinski definition) is 3. The molecule has 2 aliphatic carbocycles. The summed E-state index contributed by atoms with van der Waals surface area (Å²) in [5, 5.41) is 6.77. The lowest BCUT2D eigenvalue weighted by Crippen LogP contribution is -2.58. The smallest absolute Gasteiger partial charge is 0.407 e. The van der Waals surface area contributed by atoms with Gasteiger partial charge in [0.2, 0.25) is 27.7 Å². The van der Waals surface area contributed by atoms with Crippen molar-refractivity contribution in [3.05, 3.63) is 30.0 Å². The molecule has 14 nitrogen and oxygen atoms in total. The van der Waals surface area contributed by atoms with Crippen LogP contribution in [-0.4, -0.2) is 91.4 Å². The van der Waals surface area contributed by atoms with E-state index >= 15 is 0 Å². The van der Waals surface area contributed by atoms with Gasteiger partial charge in [0, 0.05) is 18.0 Å². The third-order valence-electron chi connectivity index (χ3n) is 11.3. The Hall–Kier alpha value is -4.14. The molecule has 1 aromatic heterocycles. The Morgan fingerprint density at radius 3 is 2.58 bits per heavy atom. The lowest BCUT2D eigenvalue weighted by atomic mass is 10.0. The number of methoxy groups -OCH3 is 1. The van der Waals surface area contributed by atoms with Crippen LogP contribution in [0.15, 0.2) is 24.4 Å². The summed E-state index contributed by atoms with van der Waals surface area (Å²) in [7, 11) is -2.22. The molecule has 2 aromatic rings. The topological polar surface area (TPSA) is 182 Å². The van der Waals surface area contributed by atoms with Crippen LogP contribution in [0.4, 0.5) is 4.79 Å². The zero-order valence-corrected chi connectivity index (χ0v) is 30.5. The number of benzene rings is 1. The first-order chi connectivity index (χ1) is 25.1. The molecule has 5 atom stereocenters. The Balaban J connectivity index is 1.22. The van der Waals surface area contributed by atoms with Crippen LogP contribution >= 0.6 is 0 Å². The zero-order chi connectivity index (χ0) is 36.5. The number of hydrogen-bond acceptors (Lipinski definition) is 10. The number of aryl methyl sites for hydroxylation is 1. The predicted molar refractivity (Wildman–Crippen MR) is 190 cm³/mol. The second-order valence-electron chi connectivity index (χ2n) is 15.0. The Morgan fingerprint density at radius 1 is 1.02 bits per heavy atom. The van der Waals surface area contributed by atoms with Crippen molar-refractivity contribution in [2.75, 3.05) is 20.3 Å². The van der Waals surface area contributed by atoms with Crippen molar-refractivity contribution in [1.82, 2.24) is 25.2 Å². The van der Waals surface area contributed by atoms with Gasteiger partial charge in [-0.05, 0) is 92.9 Å². The number of aromatic nitrogens is 1. The van der Waals surface area contributed by atoms with Gasteiger partial charge in [-0.3, -0.25) is 19.1 Å². The number of amides is 4. The Bertz CT molecular complexity index is 1820. The highest BCUT2D eigenvalue weighted by atomic mass is 32.2. The van der Waals surface area contributed by atoms with Gasteiger partial charge < -0.3 is 29.7 Å². The van der Waals surface area contributed by atoms with E-state index in [2.05, 4.69) is 20.3 Å². The Kier molecular flexibility index (Phi) is 10.5. The maximum absolute atomic E-state index is 14.4. The SMILES string of the molecule is COc1cc2ccnc3c2cc1CCCCCOC(=O)N[C@H]1CCCCCCC[C@@H]2C[C@@]2(C(=O)NS(=O)(=O)C2CC2)NC(=O)[C@@H]2C[C@H](CN2C1=O)O3. The summed E-state index contributed by atoms with van der Waals surface area (Å²) in [6.45, 7) is 0.228. The third kappa shape index (κ3) is 7.79. The minimum Gasteiger partial charge on any atom is -0.496 e. The molecule has 0 spiro atoms. The van der Waals surface area contributed by atoms with Crippen molar-refractivity contribution < 1.29 is 41.8 Å². The molecule has 4 amide bonds. The van der Waals surface area contributed by atoms with Gasteiger partial charge in [0.05, 0.1) is 25.5 Å². The Labute approximate surface area is 304 Å². The maximum atomic E-state index is 14.4. The van der Waals surface area contributed by atoms with Gasteiger partial charge in [-0.2, -0.15) is 0 Å². The van der Waals surface area contributed by atoms with Crippen molar-refractivity contribution in [2.45, 2.75) is 125 Å². The molecule has 52 heavy (non-hydrogen) atoms. The highest BCUT2D eigenvalue weighted by Crippen LogP contribution is 2.48. The normalized spacial score (nSPS) is 29.2. The minimum atomic E-state index is -3.85. The number of pyridine rings is 1. The number of carbonyl (C=O) groups excluding carboxylic acids is 4. The summed E-state index contributed by atoms with van der Waals surface area (Å²) in [4.78, 5) is 61.5. The number of nitrogens with zero attached hydrogens (tertiary/aromatic N) is 2. The number of cyclic esters (lactones) is 1. The molecule has 3 aliphatic heterocycles. The van der Waals surface area contributed by atoms with Crippen LogP contribution in [-0.2, 0) is 35.6 Å². The molecule has 5 aliphatic rings. The van der Waals surface area contributed by atoms with E-state index in [0.717, 1.165) is 67.0 Å². The highest BCUT2D eigenvalue weighted by molar-refractivity contribution is 7.91. The van der Waals surface area contributed by atoms with E-state index in [1.54, 1.807) is 13.3 Å². The average Bonchev–Trinajstić information content (AvgIpc) is 4.04. The number of nitrogens with one attached hydrogen (secondary N) is 3. The van der Waals surface area contributed by atoms with Gasteiger partial charge in [-0.15, -0.1) is 0 Å². The quantitative estimate of drug-likeness (QED) is 0.419. The first kappa shape index (κ1) is 36.2. The summed E-state index contributed by atoms with van der Waals surface area (Å²) in [6, 6.07) is 3.84. The fourth-order valence-corrected chi connectivity index (χ4v) is 9.42. The molecular weight excluding hydrogens is 690 g/mol. The molecular formula is C37H49N5O9S. The van der Waals surface area contributed by atoms with Gasteiger partial charge in [-0.25, -0.2) is 18.2 Å². The van der Waals surface area contributed by atoms with Crippen molar-refractivity contribution in [1.29, 1.82) is 0 Å². The summed E-state index contributed by atoms with van der Waals surface area (Å²) in [5.41, 5.74) is -0.414. The van der Waals surface area contributed by atoms with Gasteiger partial charge in [0.1, 0.15) is 29.5 Å². The fraction of sp³-hybridized carbons (Fsp3) is 0.649. The monoisotopic (exact) mass is 739 g/mol. The van der Waals surface area contributed by atoms with E-state index in [0.29, 0.717) is 50.8 Å². The van der Waals surface area contributed by atoms with Crippen molar-refractivity contribution in [2.24, 2.45) is 5.92 Å². The van der Waals surface area contributed by atoms with Gasteiger partial charge in [-0.1, -0.05) is 32.1 Å². The van der Waals surface area contributed by atoms with Crippen LogP contribution in [0.25, 0.3) is 10.8 Å². The molecule has 1 aromatic carbocycles. The maximum Gasteiger partial charge on any atom is 0.407 e. The van der Waals surface area contributed by atoms with Crippen LogP contribution in [0.1, 0.15) is 95.5 Å². The number of fused-ring (bicyclic) bond motifs is 4. The predicted octanol–water partition coefficient (Wildman–Crippen LogP) is 3.64. The lowest BCUT2D eigenvalue weighted by molar-refractivity contribution is -0.141. The summed E-state index contributed by atoms with van der Waals surface area (Å²) in [5.74, 6) is -0.857. The van der Waals surface area contributed by atoms with Crippen LogP contribution in [0, 0.1) is 5.92 Å². The highest BCUT2D eigenvalue weighted by Gasteiger charge is 2.62. The summed E-state index contributed by atoms with van der Waals surface area (Å²) < 4.78 is 45.6. The van der Waals surface area contributed by atoms with E-state index in [-0.39, 0.29) is 25.5 Å². The van der Waals surface area contributed by atoms with Crippen molar-refractivity contribution >= 4 is 44.6 Å². The van der Waals surface area contributed by atoms with Gasteiger partial charge in [0.15, 0.2) is 0 Å². The molecule has 7 rings (SSSR count). The molecule has 4 heterocycles. The van der Waals surface area contributed by atoms with E-state index in [4.69, 9.17) is 14.2 Å². The number of sulfonamides is 1. The Morgan fingerprint density at radius 2 is 1.79 bits per heavy atom. The molecule has 5 bridgehead atoms. The molecule has 2 saturated carbocycles. The van der Waals surface area contributed by atoms with E-state index in [1.165, 1.54) is 4.90 Å². The molecule has 0 radical (unpaired) electrons. The van der Waals surface area contributed by atoms with Crippen LogP contribution in [0.2, 0.25) is 0 Å². The molecule has 15 heteroatoms. The first-order valence-electron chi connectivity index (χ1n) is 18.8. The molecule has 4 fully saturated rings. The number of carbonyl (C=O) groups is 4. The summed E-state index contributed by atoms with van der Waals surface area (Å²) in [6.07, 6.45) is 9.88. The van der Waals surface area contributed by atoms with Crippen LogP contribution < -0.4 is 24.8 Å². The standard InChI is InChI=1S/C37H49N5O9S/c1-49-31-19-23-15-16-38-33-28(23)18-24(31)10-6-5-9-17-50-36(46)39-29-12-8-4-2-3-7-11-25-21-37(25,35(45)41-52(47,48)27-13-14-27)40-32(43)30-20-26(51-33)22-42(30)34(29)44/h15-16,18-19,25-27,29-30H,2-14,17,20-22H2,1H3,(H,39,46)(H,40,43)(H,41,45)/t25-,26-,29+,30+,37-/m1/s1. The molecule has 282 valence electrons. The van der Waals surface area contributed by atoms with E-state index < -0.39 is 62.8 Å². The molecule has 3 N–H and O–H groups in total. The average molecular weight is 740 g/mol. The van der Waals surface area contributed by atoms with Gasteiger partial charge in [0.25, 0.3) is 5.91 Å².